The summed E-state index contributed by atoms with van der Waals surface area (Å²) in [5.41, 5.74) is 0.163. The maximum absolute atomic E-state index is 11.6. The van der Waals surface area contributed by atoms with Crippen LogP contribution in [0, 0.1) is 5.41 Å². The molecule has 0 bridgehead atoms. The predicted molar refractivity (Wildman–Crippen MR) is 70.2 cm³/mol. The minimum Gasteiger partial charge on any atom is -0.469 e. The van der Waals surface area contributed by atoms with Crippen molar-refractivity contribution in [3.05, 3.63) is 22.4 Å². The van der Waals surface area contributed by atoms with Gasteiger partial charge in [0.1, 0.15) is 0 Å². The standard InChI is InChI=1S/C14H20O2S/c1-16-13(15)11-14(7-3-2-4-8-14)10-12-6-5-9-17-12/h5-6,9H,2-4,7-8,10-11H2,1H3. The van der Waals surface area contributed by atoms with E-state index in [1.165, 1.54) is 44.1 Å². The van der Waals surface area contributed by atoms with Gasteiger partial charge >= 0.3 is 5.97 Å². The average molecular weight is 252 g/mol. The summed E-state index contributed by atoms with van der Waals surface area (Å²) in [5.74, 6) is -0.0524. The van der Waals surface area contributed by atoms with E-state index in [1.54, 1.807) is 11.3 Å². The minimum absolute atomic E-state index is 0.0524. The van der Waals surface area contributed by atoms with Gasteiger partial charge in [0.15, 0.2) is 0 Å². The van der Waals surface area contributed by atoms with Crippen molar-refractivity contribution < 1.29 is 9.53 Å². The van der Waals surface area contributed by atoms with E-state index in [2.05, 4.69) is 17.5 Å². The van der Waals surface area contributed by atoms with E-state index in [1.807, 2.05) is 0 Å². The second-order valence-electron chi connectivity index (χ2n) is 5.07. The number of carbonyl (C=O) groups is 1. The van der Waals surface area contributed by atoms with Gasteiger partial charge in [-0.15, -0.1) is 11.3 Å². The van der Waals surface area contributed by atoms with Crippen LogP contribution in [0.1, 0.15) is 43.4 Å². The fourth-order valence-corrected chi connectivity index (χ4v) is 3.76. The van der Waals surface area contributed by atoms with E-state index >= 15 is 0 Å². The number of carbonyl (C=O) groups excluding carboxylic acids is 1. The Morgan fingerprint density at radius 3 is 2.76 bits per heavy atom. The van der Waals surface area contributed by atoms with E-state index in [-0.39, 0.29) is 11.4 Å². The molecule has 17 heavy (non-hydrogen) atoms. The number of thiophene rings is 1. The van der Waals surface area contributed by atoms with Crippen molar-refractivity contribution >= 4 is 17.3 Å². The van der Waals surface area contributed by atoms with Gasteiger partial charge in [-0.1, -0.05) is 25.3 Å². The quantitative estimate of drug-likeness (QED) is 0.762. The molecule has 0 atom stereocenters. The van der Waals surface area contributed by atoms with Crippen LogP contribution in [0.4, 0.5) is 0 Å². The lowest BCUT2D eigenvalue weighted by Gasteiger charge is -2.36. The minimum atomic E-state index is -0.0524. The zero-order valence-electron chi connectivity index (χ0n) is 10.4. The molecule has 0 N–H and O–H groups in total. The predicted octanol–water partition coefficient (Wildman–Crippen LogP) is 3.80. The third-order valence-electron chi connectivity index (χ3n) is 3.79. The van der Waals surface area contributed by atoms with Gasteiger partial charge in [-0.2, -0.15) is 0 Å². The van der Waals surface area contributed by atoms with Crippen molar-refractivity contribution in [3.63, 3.8) is 0 Å². The molecule has 1 aliphatic rings. The van der Waals surface area contributed by atoms with Crippen LogP contribution in [0.15, 0.2) is 17.5 Å². The Labute approximate surface area is 107 Å². The van der Waals surface area contributed by atoms with Gasteiger partial charge in [-0.3, -0.25) is 4.79 Å². The number of ether oxygens (including phenoxy) is 1. The molecule has 0 aromatic carbocycles. The molecule has 1 aromatic rings. The van der Waals surface area contributed by atoms with Crippen LogP contribution in [0.2, 0.25) is 0 Å². The van der Waals surface area contributed by atoms with Crippen molar-refractivity contribution in [2.45, 2.75) is 44.9 Å². The van der Waals surface area contributed by atoms with E-state index in [4.69, 9.17) is 4.74 Å². The fraction of sp³-hybridized carbons (Fsp3) is 0.643. The zero-order valence-corrected chi connectivity index (χ0v) is 11.2. The first-order valence-corrected chi connectivity index (χ1v) is 7.21. The molecule has 1 saturated carbocycles. The maximum Gasteiger partial charge on any atom is 0.306 e. The first kappa shape index (κ1) is 12.6. The van der Waals surface area contributed by atoms with Gasteiger partial charge in [0.05, 0.1) is 13.5 Å². The Morgan fingerprint density at radius 2 is 2.18 bits per heavy atom. The molecule has 1 heterocycles. The highest BCUT2D eigenvalue weighted by molar-refractivity contribution is 7.09. The normalized spacial score (nSPS) is 18.9. The van der Waals surface area contributed by atoms with E-state index in [0.717, 1.165) is 6.42 Å². The van der Waals surface area contributed by atoms with Crippen molar-refractivity contribution in [3.8, 4) is 0 Å². The number of hydrogen-bond donors (Lipinski definition) is 0. The summed E-state index contributed by atoms with van der Waals surface area (Å²) in [5, 5.41) is 2.12. The summed E-state index contributed by atoms with van der Waals surface area (Å²) >= 11 is 1.80. The highest BCUT2D eigenvalue weighted by Crippen LogP contribution is 2.43. The number of methoxy groups -OCH3 is 1. The first-order valence-electron chi connectivity index (χ1n) is 6.33. The lowest BCUT2D eigenvalue weighted by Crippen LogP contribution is -2.30. The highest BCUT2D eigenvalue weighted by Gasteiger charge is 2.35. The monoisotopic (exact) mass is 252 g/mol. The van der Waals surface area contributed by atoms with E-state index in [9.17, 15) is 4.79 Å². The molecule has 0 spiro atoms. The lowest BCUT2D eigenvalue weighted by molar-refractivity contribution is -0.144. The molecule has 2 nitrogen and oxygen atoms in total. The molecule has 1 aromatic heterocycles. The van der Waals surface area contributed by atoms with Crippen molar-refractivity contribution in [2.75, 3.05) is 7.11 Å². The Bertz CT molecular complexity index is 350. The molecular formula is C14H20O2S. The van der Waals surface area contributed by atoms with Crippen LogP contribution in [0.3, 0.4) is 0 Å². The van der Waals surface area contributed by atoms with Crippen LogP contribution >= 0.6 is 11.3 Å². The third kappa shape index (κ3) is 3.32. The average Bonchev–Trinajstić information content (AvgIpc) is 2.82. The van der Waals surface area contributed by atoms with Gasteiger partial charge in [-0.25, -0.2) is 0 Å². The molecular weight excluding hydrogens is 232 g/mol. The summed E-state index contributed by atoms with van der Waals surface area (Å²) in [6.07, 6.45) is 7.78. The molecule has 0 aliphatic heterocycles. The molecule has 94 valence electrons. The lowest BCUT2D eigenvalue weighted by atomic mass is 9.69. The molecule has 1 aliphatic carbocycles. The van der Waals surface area contributed by atoms with Gasteiger partial charge in [-0.05, 0) is 36.1 Å². The maximum atomic E-state index is 11.6. The van der Waals surface area contributed by atoms with Crippen molar-refractivity contribution in [1.29, 1.82) is 0 Å². The van der Waals surface area contributed by atoms with Crippen LogP contribution in [-0.4, -0.2) is 13.1 Å². The Hall–Kier alpha value is -0.830. The molecule has 0 unspecified atom stereocenters. The summed E-state index contributed by atoms with van der Waals surface area (Å²) in [6.45, 7) is 0. The molecule has 2 rings (SSSR count). The van der Waals surface area contributed by atoms with E-state index < -0.39 is 0 Å². The van der Waals surface area contributed by atoms with Crippen LogP contribution in [0.25, 0.3) is 0 Å². The van der Waals surface area contributed by atoms with Gasteiger partial charge in [0.25, 0.3) is 0 Å². The summed E-state index contributed by atoms with van der Waals surface area (Å²) in [6, 6.07) is 4.27. The number of esters is 1. The fourth-order valence-electron chi connectivity index (χ4n) is 2.88. The van der Waals surface area contributed by atoms with Crippen LogP contribution < -0.4 is 0 Å². The van der Waals surface area contributed by atoms with Gasteiger partial charge in [0.2, 0.25) is 0 Å². The molecule has 0 amide bonds. The van der Waals surface area contributed by atoms with Crippen LogP contribution in [-0.2, 0) is 16.0 Å². The summed E-state index contributed by atoms with van der Waals surface area (Å²) in [4.78, 5) is 13.0. The molecule has 0 radical (unpaired) electrons. The third-order valence-corrected chi connectivity index (χ3v) is 4.67. The van der Waals surface area contributed by atoms with Gasteiger partial charge < -0.3 is 4.74 Å². The number of hydrogen-bond acceptors (Lipinski definition) is 3. The number of rotatable bonds is 4. The molecule has 3 heteroatoms. The van der Waals surface area contributed by atoms with E-state index in [0.29, 0.717) is 6.42 Å². The SMILES string of the molecule is COC(=O)CC1(Cc2cccs2)CCCCC1. The van der Waals surface area contributed by atoms with Gasteiger partial charge in [0, 0.05) is 4.88 Å². The Morgan fingerprint density at radius 1 is 1.41 bits per heavy atom. The summed E-state index contributed by atoms with van der Waals surface area (Å²) < 4.78 is 4.86. The Kier molecular flexibility index (Phi) is 4.21. The molecule has 0 saturated heterocycles. The largest absolute Gasteiger partial charge is 0.469 e. The highest BCUT2D eigenvalue weighted by atomic mass is 32.1. The summed E-state index contributed by atoms with van der Waals surface area (Å²) in [7, 11) is 1.49. The zero-order chi connectivity index (χ0) is 12.1. The van der Waals surface area contributed by atoms with Crippen LogP contribution in [0.5, 0.6) is 0 Å². The van der Waals surface area contributed by atoms with Crippen molar-refractivity contribution in [2.24, 2.45) is 5.41 Å². The van der Waals surface area contributed by atoms with Crippen molar-refractivity contribution in [1.82, 2.24) is 0 Å². The Balaban J connectivity index is 2.08. The second kappa shape index (κ2) is 5.67. The first-order chi connectivity index (χ1) is 8.24. The molecule has 1 fully saturated rings. The second-order valence-corrected chi connectivity index (χ2v) is 6.10. The topological polar surface area (TPSA) is 26.3 Å². The smallest absolute Gasteiger partial charge is 0.306 e.